The molecule has 1 aromatic carbocycles. The molecule has 1 aliphatic rings. The summed E-state index contributed by atoms with van der Waals surface area (Å²) in [6, 6.07) is 8.71. The Morgan fingerprint density at radius 2 is 2.13 bits per heavy atom. The molecule has 4 rings (SSSR count). The van der Waals surface area contributed by atoms with E-state index < -0.39 is 0 Å². The van der Waals surface area contributed by atoms with Crippen LogP contribution < -0.4 is 5.73 Å². The van der Waals surface area contributed by atoms with Gasteiger partial charge in [-0.15, -0.1) is 0 Å². The van der Waals surface area contributed by atoms with Crippen molar-refractivity contribution in [2.45, 2.75) is 31.6 Å². The van der Waals surface area contributed by atoms with Gasteiger partial charge in [-0.3, -0.25) is 5.10 Å². The van der Waals surface area contributed by atoms with Crippen LogP contribution in [0.25, 0.3) is 22.2 Å². The van der Waals surface area contributed by atoms with Crippen molar-refractivity contribution < 1.29 is 0 Å². The fourth-order valence-electron chi connectivity index (χ4n) is 3.61. The number of aromatic nitrogens is 3. The number of nitrogens with one attached hydrogen (secondary N) is 1. The summed E-state index contributed by atoms with van der Waals surface area (Å²) in [4.78, 5) is 4.28. The van der Waals surface area contributed by atoms with Crippen molar-refractivity contribution in [3.63, 3.8) is 0 Å². The van der Waals surface area contributed by atoms with E-state index in [9.17, 15) is 0 Å². The fraction of sp³-hybridized carbons (Fsp3) is 0.333. The molecule has 118 valence electrons. The first kappa shape index (κ1) is 14.7. The topological polar surface area (TPSA) is 67.6 Å². The van der Waals surface area contributed by atoms with E-state index >= 15 is 0 Å². The van der Waals surface area contributed by atoms with Gasteiger partial charge >= 0.3 is 0 Å². The number of hydrogen-bond donors (Lipinski definition) is 2. The van der Waals surface area contributed by atoms with Gasteiger partial charge in [-0.1, -0.05) is 41.8 Å². The number of rotatable bonds is 3. The Morgan fingerprint density at radius 3 is 2.83 bits per heavy atom. The lowest BCUT2D eigenvalue weighted by Crippen LogP contribution is -2.41. The Morgan fingerprint density at radius 1 is 1.30 bits per heavy atom. The van der Waals surface area contributed by atoms with Crippen LogP contribution in [-0.2, 0) is 5.41 Å². The molecule has 1 fully saturated rings. The molecule has 0 aliphatic heterocycles. The highest BCUT2D eigenvalue weighted by Gasteiger charge is 2.37. The maximum Gasteiger partial charge on any atom is 0.183 e. The monoisotopic (exact) mass is 326 g/mol. The van der Waals surface area contributed by atoms with Crippen LogP contribution in [0.3, 0.4) is 0 Å². The average molecular weight is 327 g/mol. The summed E-state index contributed by atoms with van der Waals surface area (Å²) >= 11 is 6.28. The van der Waals surface area contributed by atoms with E-state index in [0.717, 1.165) is 16.5 Å². The lowest BCUT2D eigenvalue weighted by atomic mass is 9.64. The largest absolute Gasteiger partial charge is 0.330 e. The van der Waals surface area contributed by atoms with Gasteiger partial charge in [0.25, 0.3) is 0 Å². The van der Waals surface area contributed by atoms with Crippen LogP contribution in [0.4, 0.5) is 0 Å². The van der Waals surface area contributed by atoms with Crippen LogP contribution in [0.2, 0.25) is 5.15 Å². The number of aryl methyl sites for hydroxylation is 1. The molecule has 2 heterocycles. The van der Waals surface area contributed by atoms with Gasteiger partial charge in [0, 0.05) is 18.2 Å². The zero-order valence-electron chi connectivity index (χ0n) is 13.1. The minimum absolute atomic E-state index is 0.146. The number of benzene rings is 1. The SMILES string of the molecule is Cc1cc(-c2ccnc3n[nH]c(Cl)c23)cc(C2(CN)CCC2)c1. The summed E-state index contributed by atoms with van der Waals surface area (Å²) in [6.45, 7) is 2.83. The van der Waals surface area contributed by atoms with Gasteiger partial charge in [0.05, 0.1) is 5.39 Å². The third-order valence-corrected chi connectivity index (χ3v) is 5.39. The van der Waals surface area contributed by atoms with Gasteiger partial charge in [0.15, 0.2) is 5.65 Å². The van der Waals surface area contributed by atoms with E-state index in [1.165, 1.54) is 30.4 Å². The third kappa shape index (κ3) is 2.25. The van der Waals surface area contributed by atoms with Gasteiger partial charge in [-0.05, 0) is 42.5 Å². The second-order valence-corrected chi connectivity index (χ2v) is 6.90. The predicted molar refractivity (Wildman–Crippen MR) is 93.7 cm³/mol. The van der Waals surface area contributed by atoms with Crippen molar-refractivity contribution >= 4 is 22.6 Å². The van der Waals surface area contributed by atoms with Gasteiger partial charge in [-0.25, -0.2) is 4.98 Å². The Kier molecular flexibility index (Phi) is 3.39. The molecule has 3 aromatic rings. The number of fused-ring (bicyclic) bond motifs is 1. The molecule has 0 saturated heterocycles. The van der Waals surface area contributed by atoms with Crippen molar-refractivity contribution in [1.82, 2.24) is 15.2 Å². The third-order valence-electron chi connectivity index (χ3n) is 5.11. The van der Waals surface area contributed by atoms with E-state index in [0.29, 0.717) is 17.3 Å². The van der Waals surface area contributed by atoms with Gasteiger partial charge in [0.2, 0.25) is 0 Å². The molecule has 2 aromatic heterocycles. The van der Waals surface area contributed by atoms with Crippen LogP contribution in [-0.4, -0.2) is 21.7 Å². The van der Waals surface area contributed by atoms with Crippen molar-refractivity contribution in [2.24, 2.45) is 5.73 Å². The minimum Gasteiger partial charge on any atom is -0.330 e. The Hall–Kier alpha value is -1.91. The number of H-pyrrole nitrogens is 1. The molecule has 1 aliphatic carbocycles. The maximum absolute atomic E-state index is 6.28. The standard InChI is InChI=1S/C18H19ClN4/c1-11-7-12(9-13(8-11)18(10-20)4-2-5-18)14-3-6-21-17-15(14)16(19)22-23-17/h3,6-9H,2,4-5,10,20H2,1H3,(H,21,22,23). The molecule has 23 heavy (non-hydrogen) atoms. The molecule has 0 bridgehead atoms. The zero-order chi connectivity index (χ0) is 16.0. The van der Waals surface area contributed by atoms with Crippen LogP contribution >= 0.6 is 11.6 Å². The number of aromatic amines is 1. The number of nitrogens with zero attached hydrogens (tertiary/aromatic N) is 2. The van der Waals surface area contributed by atoms with Crippen molar-refractivity contribution in [2.75, 3.05) is 6.54 Å². The zero-order valence-corrected chi connectivity index (χ0v) is 13.8. The highest BCUT2D eigenvalue weighted by atomic mass is 35.5. The molecule has 1 saturated carbocycles. The van der Waals surface area contributed by atoms with Crippen LogP contribution in [0, 0.1) is 6.92 Å². The molecular formula is C18H19ClN4. The van der Waals surface area contributed by atoms with E-state index in [1.54, 1.807) is 6.20 Å². The molecule has 0 amide bonds. The highest BCUT2D eigenvalue weighted by Crippen LogP contribution is 2.44. The molecule has 0 unspecified atom stereocenters. The number of nitrogens with two attached hydrogens (primary N) is 1. The smallest absolute Gasteiger partial charge is 0.183 e. The van der Waals surface area contributed by atoms with Gasteiger partial charge < -0.3 is 5.73 Å². The first-order chi connectivity index (χ1) is 11.1. The lowest BCUT2D eigenvalue weighted by Gasteiger charge is -2.42. The van der Waals surface area contributed by atoms with Crippen LogP contribution in [0.5, 0.6) is 0 Å². The van der Waals surface area contributed by atoms with Gasteiger partial charge in [0.1, 0.15) is 5.15 Å². The maximum atomic E-state index is 6.28. The lowest BCUT2D eigenvalue weighted by molar-refractivity contribution is 0.253. The minimum atomic E-state index is 0.146. The molecular weight excluding hydrogens is 308 g/mol. The van der Waals surface area contributed by atoms with Crippen molar-refractivity contribution in [3.8, 4) is 11.1 Å². The van der Waals surface area contributed by atoms with Crippen molar-refractivity contribution in [1.29, 1.82) is 0 Å². The summed E-state index contributed by atoms with van der Waals surface area (Å²) in [7, 11) is 0. The van der Waals surface area contributed by atoms with Crippen LogP contribution in [0.1, 0.15) is 30.4 Å². The van der Waals surface area contributed by atoms with E-state index in [-0.39, 0.29) is 5.41 Å². The fourth-order valence-corrected chi connectivity index (χ4v) is 3.84. The molecule has 5 heteroatoms. The normalized spacial score (nSPS) is 16.5. The predicted octanol–water partition coefficient (Wildman–Crippen LogP) is 3.97. The van der Waals surface area contributed by atoms with E-state index in [4.69, 9.17) is 17.3 Å². The summed E-state index contributed by atoms with van der Waals surface area (Å²) in [5.41, 5.74) is 11.7. The van der Waals surface area contributed by atoms with E-state index in [1.807, 2.05) is 6.07 Å². The number of hydrogen-bond acceptors (Lipinski definition) is 3. The van der Waals surface area contributed by atoms with E-state index in [2.05, 4.69) is 40.3 Å². The Labute approximate surface area is 140 Å². The van der Waals surface area contributed by atoms with Crippen molar-refractivity contribution in [3.05, 3.63) is 46.7 Å². The second kappa shape index (κ2) is 5.32. The highest BCUT2D eigenvalue weighted by molar-refractivity contribution is 6.35. The number of halogens is 1. The number of pyridine rings is 1. The summed E-state index contributed by atoms with van der Waals surface area (Å²) in [6.07, 6.45) is 5.38. The Bertz CT molecular complexity index is 874. The average Bonchev–Trinajstić information content (AvgIpc) is 2.88. The van der Waals surface area contributed by atoms with Crippen LogP contribution in [0.15, 0.2) is 30.5 Å². The first-order valence-corrected chi connectivity index (χ1v) is 8.32. The first-order valence-electron chi connectivity index (χ1n) is 7.94. The van der Waals surface area contributed by atoms with Gasteiger partial charge in [-0.2, -0.15) is 5.10 Å². The molecule has 0 radical (unpaired) electrons. The quantitative estimate of drug-likeness (QED) is 0.765. The Balaban J connectivity index is 1.92. The summed E-state index contributed by atoms with van der Waals surface area (Å²) in [5, 5.41) is 8.37. The molecule has 0 atom stereocenters. The molecule has 4 nitrogen and oxygen atoms in total. The molecule has 0 spiro atoms. The summed E-state index contributed by atoms with van der Waals surface area (Å²) in [5.74, 6) is 0. The summed E-state index contributed by atoms with van der Waals surface area (Å²) < 4.78 is 0. The molecule has 3 N–H and O–H groups in total. The second-order valence-electron chi connectivity index (χ2n) is 6.52.